The number of nitrogens with two attached hydrogens (primary N) is 1. The molecular weight excluding hydrogens is 519 g/mol. The van der Waals surface area contributed by atoms with Crippen molar-refractivity contribution in [3.05, 3.63) is 78.0 Å². The minimum Gasteiger partial charge on any atom is -0.493 e. The topological polar surface area (TPSA) is 91.0 Å². The van der Waals surface area contributed by atoms with Crippen LogP contribution in [0.4, 0.5) is 0 Å². The Morgan fingerprint density at radius 1 is 1.12 bits per heavy atom. The van der Waals surface area contributed by atoms with E-state index in [4.69, 9.17) is 19.9 Å². The molecule has 0 saturated carbocycles. The first-order valence-corrected chi connectivity index (χ1v) is 10.4. The summed E-state index contributed by atoms with van der Waals surface area (Å²) in [6.07, 6.45) is 2.57. The third-order valence-corrected chi connectivity index (χ3v) is 4.87. The Morgan fingerprint density at radius 2 is 1.91 bits per heavy atom. The van der Waals surface area contributed by atoms with E-state index < -0.39 is 0 Å². The minimum absolute atomic E-state index is 0. The average molecular weight is 546 g/mol. The fourth-order valence-electron chi connectivity index (χ4n) is 3.38. The molecule has 3 N–H and O–H groups in total. The predicted molar refractivity (Wildman–Crippen MR) is 135 cm³/mol. The summed E-state index contributed by atoms with van der Waals surface area (Å²) in [5, 5.41) is 3.30. The summed E-state index contributed by atoms with van der Waals surface area (Å²) in [6.45, 7) is 3.58. The largest absolute Gasteiger partial charge is 0.493 e. The van der Waals surface area contributed by atoms with E-state index in [2.05, 4.69) is 15.3 Å². The van der Waals surface area contributed by atoms with Gasteiger partial charge in [-0.25, -0.2) is 9.98 Å². The van der Waals surface area contributed by atoms with Crippen molar-refractivity contribution in [2.75, 3.05) is 13.2 Å². The molecular formula is C24H27IN4O3. The van der Waals surface area contributed by atoms with Crippen molar-refractivity contribution in [3.8, 4) is 23.1 Å². The van der Waals surface area contributed by atoms with Crippen LogP contribution in [0.3, 0.4) is 0 Å². The maximum absolute atomic E-state index is 6.13. The lowest BCUT2D eigenvalue weighted by Crippen LogP contribution is -2.37. The number of para-hydroxylation sites is 3. The molecule has 0 saturated heterocycles. The zero-order chi connectivity index (χ0) is 21.5. The van der Waals surface area contributed by atoms with Gasteiger partial charge in [-0.2, -0.15) is 0 Å². The summed E-state index contributed by atoms with van der Waals surface area (Å²) >= 11 is 0. The van der Waals surface area contributed by atoms with E-state index in [0.717, 1.165) is 23.3 Å². The Balaban J connectivity index is 0.00000289. The fourth-order valence-corrected chi connectivity index (χ4v) is 3.38. The van der Waals surface area contributed by atoms with Gasteiger partial charge in [-0.15, -0.1) is 24.0 Å². The van der Waals surface area contributed by atoms with Crippen molar-refractivity contribution in [1.29, 1.82) is 0 Å². The number of pyridine rings is 1. The summed E-state index contributed by atoms with van der Waals surface area (Å²) < 4.78 is 17.1. The number of nitrogens with zero attached hydrogens (tertiary/aromatic N) is 2. The van der Waals surface area contributed by atoms with Gasteiger partial charge >= 0.3 is 0 Å². The summed E-state index contributed by atoms with van der Waals surface area (Å²) in [4.78, 5) is 8.83. The molecule has 7 nitrogen and oxygen atoms in total. The molecule has 0 amide bonds. The third kappa shape index (κ3) is 6.03. The first-order chi connectivity index (χ1) is 15.2. The molecule has 0 spiro atoms. The molecule has 8 heteroatoms. The molecule has 0 bridgehead atoms. The highest BCUT2D eigenvalue weighted by molar-refractivity contribution is 14.0. The normalized spacial score (nSPS) is 15.0. The van der Waals surface area contributed by atoms with Gasteiger partial charge in [0, 0.05) is 24.2 Å². The molecule has 2 aromatic carbocycles. The van der Waals surface area contributed by atoms with Gasteiger partial charge in [0.25, 0.3) is 0 Å². The molecule has 1 aromatic heterocycles. The molecule has 1 aliphatic heterocycles. The first-order valence-electron chi connectivity index (χ1n) is 10.4. The van der Waals surface area contributed by atoms with Crippen LogP contribution in [0.1, 0.15) is 30.5 Å². The van der Waals surface area contributed by atoms with Gasteiger partial charge in [-0.05, 0) is 30.7 Å². The number of hydrogen-bond donors (Lipinski definition) is 2. The van der Waals surface area contributed by atoms with E-state index >= 15 is 0 Å². The lowest BCUT2D eigenvalue weighted by Gasteiger charge is -2.26. The lowest BCUT2D eigenvalue weighted by molar-refractivity contribution is 0.262. The molecule has 2 heterocycles. The van der Waals surface area contributed by atoms with Crippen molar-refractivity contribution in [1.82, 2.24) is 10.3 Å². The average Bonchev–Trinajstić information content (AvgIpc) is 2.80. The van der Waals surface area contributed by atoms with Gasteiger partial charge in [-0.3, -0.25) is 0 Å². The SMILES string of the molecule is CCOc1ccccc1Oc1ccc(CN=C(N)NC2CCOc3ccccc32)cn1.I. The number of benzene rings is 2. The van der Waals surface area contributed by atoms with Crippen LogP contribution in [0.5, 0.6) is 23.1 Å². The van der Waals surface area contributed by atoms with E-state index in [9.17, 15) is 0 Å². The summed E-state index contributed by atoms with van der Waals surface area (Å²) in [5.74, 6) is 3.10. The van der Waals surface area contributed by atoms with Gasteiger partial charge in [-0.1, -0.05) is 36.4 Å². The van der Waals surface area contributed by atoms with Crippen molar-refractivity contribution >= 4 is 29.9 Å². The number of hydrogen-bond acceptors (Lipinski definition) is 5. The highest BCUT2D eigenvalue weighted by atomic mass is 127. The molecule has 0 aliphatic carbocycles. The number of rotatable bonds is 7. The van der Waals surface area contributed by atoms with Crippen LogP contribution in [0.2, 0.25) is 0 Å². The van der Waals surface area contributed by atoms with Gasteiger partial charge < -0.3 is 25.3 Å². The Labute approximate surface area is 205 Å². The number of guanidine groups is 1. The molecule has 1 atom stereocenters. The molecule has 0 fully saturated rings. The number of aliphatic imine (C=N–C) groups is 1. The third-order valence-electron chi connectivity index (χ3n) is 4.87. The number of aromatic nitrogens is 1. The smallest absolute Gasteiger partial charge is 0.219 e. The van der Waals surface area contributed by atoms with Gasteiger partial charge in [0.1, 0.15) is 5.75 Å². The van der Waals surface area contributed by atoms with Crippen molar-refractivity contribution in [2.45, 2.75) is 25.9 Å². The molecule has 0 radical (unpaired) electrons. The second kappa shape index (κ2) is 11.6. The van der Waals surface area contributed by atoms with Gasteiger partial charge in [0.05, 0.1) is 25.8 Å². The van der Waals surface area contributed by atoms with E-state index in [0.29, 0.717) is 43.1 Å². The highest BCUT2D eigenvalue weighted by Crippen LogP contribution is 2.32. The maximum Gasteiger partial charge on any atom is 0.219 e. The zero-order valence-electron chi connectivity index (χ0n) is 17.9. The van der Waals surface area contributed by atoms with E-state index in [1.807, 2.05) is 67.6 Å². The van der Waals surface area contributed by atoms with Crippen molar-refractivity contribution in [3.63, 3.8) is 0 Å². The van der Waals surface area contributed by atoms with Crippen molar-refractivity contribution < 1.29 is 14.2 Å². The number of fused-ring (bicyclic) bond motifs is 1. The van der Waals surface area contributed by atoms with Crippen molar-refractivity contribution in [2.24, 2.45) is 10.7 Å². The molecule has 4 rings (SSSR count). The van der Waals surface area contributed by atoms with Crippen LogP contribution >= 0.6 is 24.0 Å². The Morgan fingerprint density at radius 3 is 2.69 bits per heavy atom. The Hall–Kier alpha value is -3.01. The summed E-state index contributed by atoms with van der Waals surface area (Å²) in [6, 6.07) is 19.3. The number of halogens is 1. The molecule has 1 aliphatic rings. The quantitative estimate of drug-likeness (QED) is 0.251. The standard InChI is InChI=1S/C24H26N4O3.HI/c1-2-29-21-9-5-6-10-22(21)31-23-12-11-17(15-26-23)16-27-24(25)28-19-13-14-30-20-8-4-3-7-18(19)20;/h3-12,15,19H,2,13-14,16H2,1H3,(H3,25,27,28);1H. The van der Waals surface area contributed by atoms with Crippen LogP contribution in [0.25, 0.3) is 0 Å². The number of nitrogens with one attached hydrogen (secondary N) is 1. The van der Waals surface area contributed by atoms with Gasteiger partial charge in [0.2, 0.25) is 5.88 Å². The van der Waals surface area contributed by atoms with Crippen LogP contribution in [-0.4, -0.2) is 24.2 Å². The molecule has 32 heavy (non-hydrogen) atoms. The fraction of sp³-hybridized carbons (Fsp3) is 0.250. The van der Waals surface area contributed by atoms with Gasteiger partial charge in [0.15, 0.2) is 17.5 Å². The second-order valence-electron chi connectivity index (χ2n) is 7.06. The number of ether oxygens (including phenoxy) is 3. The Bertz CT molecular complexity index is 1040. The minimum atomic E-state index is 0. The van der Waals surface area contributed by atoms with E-state index in [-0.39, 0.29) is 30.0 Å². The van der Waals surface area contributed by atoms with Crippen LogP contribution in [0, 0.1) is 0 Å². The van der Waals surface area contributed by atoms with Crippen LogP contribution < -0.4 is 25.3 Å². The molecule has 168 valence electrons. The zero-order valence-corrected chi connectivity index (χ0v) is 20.2. The maximum atomic E-state index is 6.13. The van der Waals surface area contributed by atoms with E-state index in [1.54, 1.807) is 6.20 Å². The molecule has 1 unspecified atom stereocenters. The summed E-state index contributed by atoms with van der Waals surface area (Å²) in [5.41, 5.74) is 8.16. The first kappa shape index (κ1) is 23.6. The monoisotopic (exact) mass is 546 g/mol. The molecule has 3 aromatic rings. The van der Waals surface area contributed by atoms with Crippen LogP contribution in [-0.2, 0) is 6.54 Å². The second-order valence-corrected chi connectivity index (χ2v) is 7.06. The van der Waals surface area contributed by atoms with E-state index in [1.165, 1.54) is 0 Å². The highest BCUT2D eigenvalue weighted by Gasteiger charge is 2.21. The lowest BCUT2D eigenvalue weighted by atomic mass is 10.0. The predicted octanol–water partition coefficient (Wildman–Crippen LogP) is 4.82. The van der Waals surface area contributed by atoms with Crippen LogP contribution in [0.15, 0.2) is 71.9 Å². The Kier molecular flexibility index (Phi) is 8.55. The summed E-state index contributed by atoms with van der Waals surface area (Å²) in [7, 11) is 0.